The van der Waals surface area contributed by atoms with Gasteiger partial charge < -0.3 is 9.84 Å². The van der Waals surface area contributed by atoms with Crippen LogP contribution in [0.3, 0.4) is 0 Å². The summed E-state index contributed by atoms with van der Waals surface area (Å²) in [7, 11) is 1.61. The third kappa shape index (κ3) is 4.29. The summed E-state index contributed by atoms with van der Waals surface area (Å²) in [5, 5.41) is 10.5. The monoisotopic (exact) mass is 368 g/mol. The summed E-state index contributed by atoms with van der Waals surface area (Å²) in [6.45, 7) is 4.84. The van der Waals surface area contributed by atoms with Gasteiger partial charge in [-0.3, -0.25) is 9.80 Å². The molecule has 2 aliphatic rings. The number of β-amino-alcohol motifs (C(OH)–C–C–N with tert-alkyl or cyclic N) is 1. The van der Waals surface area contributed by atoms with Crippen LogP contribution < -0.4 is 4.74 Å². The number of aliphatic hydroxyl groups excluding tert-OH is 1. The molecule has 0 spiro atoms. The van der Waals surface area contributed by atoms with E-state index in [4.69, 9.17) is 4.74 Å². The lowest BCUT2D eigenvalue weighted by atomic mass is 10.1. The zero-order chi connectivity index (χ0) is 18.6. The van der Waals surface area contributed by atoms with Crippen molar-refractivity contribution in [3.63, 3.8) is 0 Å². The van der Waals surface area contributed by atoms with Crippen LogP contribution in [0, 0.1) is 0 Å². The zero-order valence-electron chi connectivity index (χ0n) is 15.9. The van der Waals surface area contributed by atoms with Crippen molar-refractivity contribution in [2.24, 2.45) is 0 Å². The second kappa shape index (κ2) is 8.33. The summed E-state index contributed by atoms with van der Waals surface area (Å²) >= 11 is 0. The predicted molar refractivity (Wildman–Crippen MR) is 105 cm³/mol. The van der Waals surface area contributed by atoms with E-state index in [9.17, 15) is 5.11 Å². The lowest BCUT2D eigenvalue weighted by Gasteiger charge is -2.33. The quantitative estimate of drug-likeness (QED) is 0.873. The molecular weight excluding hydrogens is 340 g/mol. The second-order valence-corrected chi connectivity index (χ2v) is 7.57. The van der Waals surface area contributed by atoms with Crippen LogP contribution in [0.5, 0.6) is 5.88 Å². The van der Waals surface area contributed by atoms with E-state index in [1.54, 1.807) is 7.11 Å². The molecule has 2 aliphatic heterocycles. The van der Waals surface area contributed by atoms with Crippen molar-refractivity contribution < 1.29 is 9.84 Å². The van der Waals surface area contributed by atoms with Crippen LogP contribution in [0.1, 0.15) is 24.8 Å². The van der Waals surface area contributed by atoms with Gasteiger partial charge in [0, 0.05) is 37.3 Å². The predicted octanol–water partition coefficient (Wildman–Crippen LogP) is 2.18. The maximum atomic E-state index is 10.5. The van der Waals surface area contributed by atoms with Crippen molar-refractivity contribution in [1.82, 2.24) is 19.8 Å². The van der Waals surface area contributed by atoms with Gasteiger partial charge in [-0.25, -0.2) is 9.97 Å². The maximum absolute atomic E-state index is 10.5. The molecule has 0 radical (unpaired) electrons. The van der Waals surface area contributed by atoms with Crippen molar-refractivity contribution in [2.75, 3.05) is 33.3 Å². The molecule has 0 bridgehead atoms. The molecule has 27 heavy (non-hydrogen) atoms. The third-order valence-corrected chi connectivity index (χ3v) is 5.70. The highest BCUT2D eigenvalue weighted by atomic mass is 16.5. The van der Waals surface area contributed by atoms with Crippen LogP contribution in [0.15, 0.2) is 36.7 Å². The lowest BCUT2D eigenvalue weighted by Crippen LogP contribution is -2.45. The number of rotatable bonds is 5. The van der Waals surface area contributed by atoms with Gasteiger partial charge in [0.25, 0.3) is 0 Å². The highest BCUT2D eigenvalue weighted by molar-refractivity contribution is 5.60. The Morgan fingerprint density at radius 3 is 2.59 bits per heavy atom. The highest BCUT2D eigenvalue weighted by Gasteiger charge is 2.35. The molecule has 2 atom stereocenters. The van der Waals surface area contributed by atoms with Gasteiger partial charge in [-0.2, -0.15) is 0 Å². The van der Waals surface area contributed by atoms with Gasteiger partial charge in [-0.1, -0.05) is 30.7 Å². The first-order valence-corrected chi connectivity index (χ1v) is 9.83. The summed E-state index contributed by atoms with van der Waals surface area (Å²) in [5.74, 6) is 0.568. The van der Waals surface area contributed by atoms with Crippen LogP contribution >= 0.6 is 0 Å². The van der Waals surface area contributed by atoms with Crippen molar-refractivity contribution in [3.8, 4) is 17.1 Å². The van der Waals surface area contributed by atoms with E-state index in [2.05, 4.69) is 44.0 Å². The number of aliphatic hydroxyl groups is 1. The van der Waals surface area contributed by atoms with E-state index in [1.807, 2.05) is 6.07 Å². The van der Waals surface area contributed by atoms with E-state index in [-0.39, 0.29) is 12.1 Å². The number of benzene rings is 1. The smallest absolute Gasteiger partial charge is 0.216 e. The Balaban J connectivity index is 1.38. The Bertz CT molecular complexity index is 746. The first kappa shape index (κ1) is 18.3. The fraction of sp³-hybridized carbons (Fsp3) is 0.524. The van der Waals surface area contributed by atoms with Gasteiger partial charge in [0.05, 0.1) is 18.9 Å². The number of hydrogen-bond donors (Lipinski definition) is 1. The average Bonchev–Trinajstić information content (AvgIpc) is 3.09. The number of hydrogen-bond acceptors (Lipinski definition) is 6. The summed E-state index contributed by atoms with van der Waals surface area (Å²) in [5.41, 5.74) is 3.16. The largest absolute Gasteiger partial charge is 0.481 e. The minimum Gasteiger partial charge on any atom is -0.481 e. The van der Waals surface area contributed by atoms with E-state index in [0.29, 0.717) is 5.88 Å². The van der Waals surface area contributed by atoms with Crippen molar-refractivity contribution in [3.05, 3.63) is 42.2 Å². The maximum Gasteiger partial charge on any atom is 0.216 e. The molecule has 0 amide bonds. The molecule has 144 valence electrons. The summed E-state index contributed by atoms with van der Waals surface area (Å²) < 4.78 is 5.17. The van der Waals surface area contributed by atoms with Crippen LogP contribution in [0.25, 0.3) is 11.3 Å². The molecule has 1 N–H and O–H groups in total. The SMILES string of the molecule is COc1cc(-c2ccc(CN3C[C@H](O)[C@@H](N4CCCCC4)C3)cc2)ncn1. The molecule has 1 aromatic heterocycles. The van der Waals surface area contributed by atoms with E-state index in [0.717, 1.165) is 44.0 Å². The summed E-state index contributed by atoms with van der Waals surface area (Å²) in [6.07, 6.45) is 5.13. The van der Waals surface area contributed by atoms with Crippen LogP contribution in [-0.4, -0.2) is 70.3 Å². The number of aromatic nitrogens is 2. The van der Waals surface area contributed by atoms with Gasteiger partial charge in [0.1, 0.15) is 6.33 Å². The Labute approximate surface area is 160 Å². The fourth-order valence-corrected chi connectivity index (χ4v) is 4.23. The molecule has 6 nitrogen and oxygen atoms in total. The number of likely N-dealkylation sites (tertiary alicyclic amines) is 2. The summed E-state index contributed by atoms with van der Waals surface area (Å²) in [6, 6.07) is 10.6. The minimum absolute atomic E-state index is 0.240. The number of methoxy groups -OCH3 is 1. The van der Waals surface area contributed by atoms with Gasteiger partial charge in [-0.05, 0) is 31.5 Å². The van der Waals surface area contributed by atoms with Crippen molar-refractivity contribution in [2.45, 2.75) is 38.0 Å². The molecular formula is C21H28N4O2. The van der Waals surface area contributed by atoms with Crippen molar-refractivity contribution >= 4 is 0 Å². The number of piperidine rings is 1. The fourth-order valence-electron chi connectivity index (χ4n) is 4.23. The van der Waals surface area contributed by atoms with Crippen LogP contribution in [0.2, 0.25) is 0 Å². The van der Waals surface area contributed by atoms with E-state index in [1.165, 1.54) is 31.2 Å². The molecule has 2 saturated heterocycles. The summed E-state index contributed by atoms with van der Waals surface area (Å²) in [4.78, 5) is 13.2. The topological polar surface area (TPSA) is 61.7 Å². The zero-order valence-corrected chi connectivity index (χ0v) is 15.9. The molecule has 0 saturated carbocycles. The third-order valence-electron chi connectivity index (χ3n) is 5.70. The normalized spacial score (nSPS) is 24.2. The highest BCUT2D eigenvalue weighted by Crippen LogP contribution is 2.24. The minimum atomic E-state index is -0.240. The molecule has 4 rings (SSSR count). The van der Waals surface area contributed by atoms with Gasteiger partial charge in [-0.15, -0.1) is 0 Å². The van der Waals surface area contributed by atoms with Gasteiger partial charge >= 0.3 is 0 Å². The average molecular weight is 368 g/mol. The first-order valence-electron chi connectivity index (χ1n) is 9.83. The number of ether oxygens (including phenoxy) is 1. The molecule has 3 heterocycles. The molecule has 2 aromatic rings. The van der Waals surface area contributed by atoms with E-state index >= 15 is 0 Å². The molecule has 2 fully saturated rings. The van der Waals surface area contributed by atoms with E-state index < -0.39 is 0 Å². The standard InChI is InChI=1S/C21H28N4O2/c1-27-21-11-18(22-15-23-21)17-7-5-16(6-8-17)12-24-13-19(20(26)14-24)25-9-3-2-4-10-25/h5-8,11,15,19-20,26H,2-4,9-10,12-14H2,1H3/t19-,20-/m0/s1. The molecule has 1 aromatic carbocycles. The molecule has 0 unspecified atom stereocenters. The Hall–Kier alpha value is -2.02. The van der Waals surface area contributed by atoms with Gasteiger partial charge in [0.15, 0.2) is 0 Å². The number of nitrogens with zero attached hydrogens (tertiary/aromatic N) is 4. The van der Waals surface area contributed by atoms with Crippen molar-refractivity contribution in [1.29, 1.82) is 0 Å². The van der Waals surface area contributed by atoms with Crippen LogP contribution in [-0.2, 0) is 6.54 Å². The van der Waals surface area contributed by atoms with Crippen LogP contribution in [0.4, 0.5) is 0 Å². The Morgan fingerprint density at radius 1 is 1.07 bits per heavy atom. The Kier molecular flexibility index (Phi) is 5.66. The lowest BCUT2D eigenvalue weighted by molar-refractivity contribution is 0.0706. The first-order chi connectivity index (χ1) is 13.2. The Morgan fingerprint density at radius 2 is 1.85 bits per heavy atom. The van der Waals surface area contributed by atoms with Gasteiger partial charge in [0.2, 0.25) is 5.88 Å². The molecule has 0 aliphatic carbocycles. The molecule has 6 heteroatoms. The second-order valence-electron chi connectivity index (χ2n) is 7.57.